The van der Waals surface area contributed by atoms with Gasteiger partial charge in [-0.2, -0.15) is 0 Å². The van der Waals surface area contributed by atoms with Crippen molar-refractivity contribution in [1.29, 1.82) is 0 Å². The Kier molecular flexibility index (Phi) is 2.70. The molecule has 2 heterocycles. The first-order valence-electron chi connectivity index (χ1n) is 6.31. The maximum atomic E-state index is 14.0. The molecule has 1 unspecified atom stereocenters. The average Bonchev–Trinajstić information content (AvgIpc) is 2.40. The van der Waals surface area contributed by atoms with Gasteiger partial charge in [-0.05, 0) is 19.1 Å². The Hall–Kier alpha value is -1.62. The first kappa shape index (κ1) is 11.5. The lowest BCUT2D eigenvalue weighted by Crippen LogP contribution is -2.62. The van der Waals surface area contributed by atoms with Crippen LogP contribution in [0.2, 0.25) is 0 Å². The van der Waals surface area contributed by atoms with Gasteiger partial charge >= 0.3 is 0 Å². The number of hydrogen-bond donors (Lipinski definition) is 1. The number of likely N-dealkylation sites (N-methyl/N-ethyl adjacent to an activating group) is 1. The van der Waals surface area contributed by atoms with E-state index in [2.05, 4.69) is 5.32 Å². The summed E-state index contributed by atoms with van der Waals surface area (Å²) < 4.78 is 14.0. The van der Waals surface area contributed by atoms with Crippen LogP contribution in [0.15, 0.2) is 18.2 Å². The lowest BCUT2D eigenvalue weighted by molar-refractivity contribution is -0.120. The summed E-state index contributed by atoms with van der Waals surface area (Å²) in [4.78, 5) is 16.0. The van der Waals surface area contributed by atoms with Crippen LogP contribution in [0.4, 0.5) is 15.8 Å². The quantitative estimate of drug-likeness (QED) is 0.805. The molecular weight excluding hydrogens is 233 g/mol. The summed E-state index contributed by atoms with van der Waals surface area (Å²) in [5, 5.41) is 3.22. The molecule has 1 aromatic rings. The summed E-state index contributed by atoms with van der Waals surface area (Å²) in [6.45, 7) is 4.57. The van der Waals surface area contributed by atoms with Gasteiger partial charge in [-0.15, -0.1) is 0 Å². The van der Waals surface area contributed by atoms with E-state index in [1.165, 1.54) is 6.07 Å². The molecule has 2 aliphatic heterocycles. The Morgan fingerprint density at radius 2 is 2.33 bits per heavy atom. The summed E-state index contributed by atoms with van der Waals surface area (Å²) in [6, 6.07) is 4.81. The Labute approximate surface area is 105 Å². The number of carbonyl (C=O) groups is 1. The minimum absolute atomic E-state index is 0.0118. The van der Waals surface area contributed by atoms with Crippen molar-refractivity contribution in [2.75, 3.05) is 36.0 Å². The molecule has 2 aliphatic rings. The summed E-state index contributed by atoms with van der Waals surface area (Å²) in [7, 11) is 0. The standard InChI is InChI=1S/C13H16FN3O/c1-2-16-12-9(14)4-3-5-10(12)17-7-6-15-8-11(17)13(16)18/h3-5,11,15H,2,6-8H2,1H3. The Bertz CT molecular complexity index is 491. The van der Waals surface area contributed by atoms with Crippen molar-refractivity contribution in [2.45, 2.75) is 13.0 Å². The molecule has 0 radical (unpaired) electrons. The van der Waals surface area contributed by atoms with Crippen molar-refractivity contribution in [3.63, 3.8) is 0 Å². The lowest BCUT2D eigenvalue weighted by Gasteiger charge is -2.45. The number of halogens is 1. The molecule has 0 spiro atoms. The van der Waals surface area contributed by atoms with Crippen molar-refractivity contribution in [2.24, 2.45) is 0 Å². The summed E-state index contributed by atoms with van der Waals surface area (Å²) in [5.74, 6) is -0.331. The highest BCUT2D eigenvalue weighted by atomic mass is 19.1. The van der Waals surface area contributed by atoms with E-state index in [-0.39, 0.29) is 17.8 Å². The molecule has 1 aromatic carbocycles. The van der Waals surface area contributed by atoms with E-state index in [9.17, 15) is 9.18 Å². The monoisotopic (exact) mass is 249 g/mol. The molecule has 0 bridgehead atoms. The van der Waals surface area contributed by atoms with E-state index in [0.717, 1.165) is 18.8 Å². The fraction of sp³-hybridized carbons (Fsp3) is 0.462. The molecular formula is C13H16FN3O. The second-order valence-electron chi connectivity index (χ2n) is 4.60. The number of carbonyl (C=O) groups excluding carboxylic acids is 1. The normalized spacial score (nSPS) is 22.8. The van der Waals surface area contributed by atoms with Gasteiger partial charge in [0.2, 0.25) is 0 Å². The highest BCUT2D eigenvalue weighted by Gasteiger charge is 2.39. The third kappa shape index (κ3) is 1.50. The number of amides is 1. The average molecular weight is 249 g/mol. The first-order valence-corrected chi connectivity index (χ1v) is 6.31. The van der Waals surface area contributed by atoms with Crippen molar-refractivity contribution in [3.05, 3.63) is 24.0 Å². The van der Waals surface area contributed by atoms with Gasteiger partial charge in [-0.1, -0.05) is 6.07 Å². The number of anilines is 2. The first-order chi connectivity index (χ1) is 8.74. The molecule has 0 saturated carbocycles. The predicted molar refractivity (Wildman–Crippen MR) is 68.4 cm³/mol. The highest BCUT2D eigenvalue weighted by molar-refractivity contribution is 6.05. The molecule has 3 rings (SSSR count). The van der Waals surface area contributed by atoms with Crippen LogP contribution in [-0.4, -0.2) is 38.1 Å². The molecule has 5 heteroatoms. The van der Waals surface area contributed by atoms with Crippen LogP contribution >= 0.6 is 0 Å². The van der Waals surface area contributed by atoms with E-state index in [1.807, 2.05) is 17.9 Å². The number of rotatable bonds is 1. The molecule has 0 aliphatic carbocycles. The zero-order valence-electron chi connectivity index (χ0n) is 10.3. The lowest BCUT2D eigenvalue weighted by atomic mass is 10.0. The molecule has 18 heavy (non-hydrogen) atoms. The Morgan fingerprint density at radius 1 is 1.50 bits per heavy atom. The smallest absolute Gasteiger partial charge is 0.251 e. The van der Waals surface area contributed by atoms with Gasteiger partial charge in [0.15, 0.2) is 0 Å². The van der Waals surface area contributed by atoms with Gasteiger partial charge in [-0.3, -0.25) is 4.79 Å². The number of nitrogens with one attached hydrogen (secondary N) is 1. The molecule has 96 valence electrons. The zero-order chi connectivity index (χ0) is 12.7. The Morgan fingerprint density at radius 3 is 3.11 bits per heavy atom. The maximum Gasteiger partial charge on any atom is 0.251 e. The Balaban J connectivity index is 2.15. The zero-order valence-corrected chi connectivity index (χ0v) is 10.3. The van der Waals surface area contributed by atoms with Gasteiger partial charge in [-0.25, -0.2) is 4.39 Å². The van der Waals surface area contributed by atoms with E-state index in [4.69, 9.17) is 0 Å². The van der Waals surface area contributed by atoms with Crippen LogP contribution in [0, 0.1) is 5.82 Å². The van der Waals surface area contributed by atoms with Gasteiger partial charge in [0.25, 0.3) is 5.91 Å². The van der Waals surface area contributed by atoms with Crippen LogP contribution < -0.4 is 15.1 Å². The number of piperazine rings is 1. The second-order valence-corrected chi connectivity index (χ2v) is 4.60. The fourth-order valence-electron chi connectivity index (χ4n) is 2.82. The van der Waals surface area contributed by atoms with Gasteiger partial charge in [0.05, 0.1) is 5.69 Å². The van der Waals surface area contributed by atoms with Crippen molar-refractivity contribution < 1.29 is 9.18 Å². The summed E-state index contributed by atoms with van der Waals surface area (Å²) >= 11 is 0. The fourth-order valence-corrected chi connectivity index (χ4v) is 2.82. The van der Waals surface area contributed by atoms with Gasteiger partial charge in [0, 0.05) is 26.2 Å². The molecule has 1 N–H and O–H groups in total. The number of benzene rings is 1. The largest absolute Gasteiger partial charge is 0.355 e. The highest BCUT2D eigenvalue weighted by Crippen LogP contribution is 2.38. The van der Waals surface area contributed by atoms with E-state index < -0.39 is 0 Å². The molecule has 4 nitrogen and oxygen atoms in total. The van der Waals surface area contributed by atoms with Gasteiger partial charge < -0.3 is 15.1 Å². The molecule has 1 atom stereocenters. The van der Waals surface area contributed by atoms with Crippen LogP contribution in [0.25, 0.3) is 0 Å². The maximum absolute atomic E-state index is 14.0. The third-order valence-electron chi connectivity index (χ3n) is 3.66. The van der Waals surface area contributed by atoms with Crippen LogP contribution in [0.3, 0.4) is 0 Å². The number of hydrogen-bond acceptors (Lipinski definition) is 3. The third-order valence-corrected chi connectivity index (χ3v) is 3.66. The van der Waals surface area contributed by atoms with Crippen molar-refractivity contribution >= 4 is 17.3 Å². The van der Waals surface area contributed by atoms with Crippen molar-refractivity contribution in [3.8, 4) is 0 Å². The van der Waals surface area contributed by atoms with Gasteiger partial charge in [0.1, 0.15) is 17.5 Å². The molecule has 1 fully saturated rings. The summed E-state index contributed by atoms with van der Waals surface area (Å²) in [5.41, 5.74) is 1.27. The van der Waals surface area contributed by atoms with Crippen LogP contribution in [0.5, 0.6) is 0 Å². The molecule has 1 amide bonds. The molecule has 1 saturated heterocycles. The van der Waals surface area contributed by atoms with E-state index in [0.29, 0.717) is 18.8 Å². The van der Waals surface area contributed by atoms with Crippen LogP contribution in [0.1, 0.15) is 6.92 Å². The predicted octanol–water partition coefficient (Wildman–Crippen LogP) is 0.970. The molecule has 0 aromatic heterocycles. The van der Waals surface area contributed by atoms with E-state index >= 15 is 0 Å². The number of para-hydroxylation sites is 1. The van der Waals surface area contributed by atoms with E-state index in [1.54, 1.807) is 11.0 Å². The minimum Gasteiger partial charge on any atom is -0.355 e. The van der Waals surface area contributed by atoms with Crippen molar-refractivity contribution in [1.82, 2.24) is 5.32 Å². The second kappa shape index (κ2) is 4.24. The van der Waals surface area contributed by atoms with Crippen LogP contribution in [-0.2, 0) is 4.79 Å². The number of nitrogens with zero attached hydrogens (tertiary/aromatic N) is 2. The SMILES string of the molecule is CCN1C(=O)C2CNCCN2c2cccc(F)c21. The topological polar surface area (TPSA) is 35.6 Å². The minimum atomic E-state index is -0.320. The number of fused-ring (bicyclic) bond motifs is 3. The summed E-state index contributed by atoms with van der Waals surface area (Å²) in [6.07, 6.45) is 0.